The molecule has 2 saturated carbocycles. The van der Waals surface area contributed by atoms with E-state index < -0.39 is 0 Å². The van der Waals surface area contributed by atoms with Gasteiger partial charge >= 0.3 is 0 Å². The van der Waals surface area contributed by atoms with Gasteiger partial charge in [0.25, 0.3) is 0 Å². The molecule has 4 N–H and O–H groups in total. The molecule has 0 heterocycles. The van der Waals surface area contributed by atoms with Crippen molar-refractivity contribution in [1.29, 1.82) is 0 Å². The number of rotatable bonds is 6. The van der Waals surface area contributed by atoms with E-state index in [1.807, 2.05) is 0 Å². The highest BCUT2D eigenvalue weighted by molar-refractivity contribution is 5.77. The minimum absolute atomic E-state index is 0.150. The summed E-state index contributed by atoms with van der Waals surface area (Å²) >= 11 is 0. The molecule has 0 aliphatic heterocycles. The third kappa shape index (κ3) is 4.64. The van der Waals surface area contributed by atoms with Crippen molar-refractivity contribution < 1.29 is 4.79 Å². The smallest absolute Gasteiger partial charge is 0.221 e. The van der Waals surface area contributed by atoms with E-state index in [4.69, 9.17) is 5.73 Å². The van der Waals surface area contributed by atoms with Crippen LogP contribution >= 0.6 is 0 Å². The fourth-order valence-corrected chi connectivity index (χ4v) is 2.55. The van der Waals surface area contributed by atoms with Gasteiger partial charge in [-0.1, -0.05) is 19.3 Å². The van der Waals surface area contributed by atoms with Crippen LogP contribution in [0.25, 0.3) is 0 Å². The van der Waals surface area contributed by atoms with Gasteiger partial charge in [-0.3, -0.25) is 4.79 Å². The molecular weight excluding hydrogens is 214 g/mol. The maximum atomic E-state index is 11.7. The number of hydrogen-bond donors (Lipinski definition) is 3. The largest absolute Gasteiger partial charge is 0.353 e. The second kappa shape index (κ2) is 6.36. The third-order valence-corrected chi connectivity index (χ3v) is 3.74. The molecule has 0 radical (unpaired) electrons. The first-order chi connectivity index (χ1) is 8.28. The summed E-state index contributed by atoms with van der Waals surface area (Å²) in [5.41, 5.74) is 5.74. The Labute approximate surface area is 104 Å². The van der Waals surface area contributed by atoms with Crippen LogP contribution in [0.5, 0.6) is 0 Å². The minimum Gasteiger partial charge on any atom is -0.353 e. The molecule has 0 aromatic heterocycles. The molecule has 4 nitrogen and oxygen atoms in total. The van der Waals surface area contributed by atoms with Gasteiger partial charge in [-0.15, -0.1) is 0 Å². The quantitative estimate of drug-likeness (QED) is 0.645. The highest BCUT2D eigenvalue weighted by Crippen LogP contribution is 2.19. The topological polar surface area (TPSA) is 67.2 Å². The van der Waals surface area contributed by atoms with E-state index in [9.17, 15) is 4.79 Å². The van der Waals surface area contributed by atoms with Crippen molar-refractivity contribution in [2.45, 2.75) is 69.5 Å². The number of nitrogens with one attached hydrogen (secondary N) is 2. The van der Waals surface area contributed by atoms with Gasteiger partial charge < -0.3 is 16.4 Å². The highest BCUT2D eigenvalue weighted by Gasteiger charge is 2.25. The standard InChI is InChI=1S/C13H25N3O/c14-9-12(8-13(17)16-11-6-7-11)15-10-4-2-1-3-5-10/h10-12,15H,1-9,14H2,(H,16,17). The number of carbonyl (C=O) groups is 1. The van der Waals surface area contributed by atoms with Crippen molar-refractivity contribution in [3.05, 3.63) is 0 Å². The molecule has 2 aliphatic rings. The van der Waals surface area contributed by atoms with Gasteiger partial charge in [0.15, 0.2) is 0 Å². The van der Waals surface area contributed by atoms with Crippen LogP contribution in [-0.2, 0) is 4.79 Å². The lowest BCUT2D eigenvalue weighted by Gasteiger charge is -2.27. The van der Waals surface area contributed by atoms with E-state index in [1.165, 1.54) is 32.1 Å². The molecular formula is C13H25N3O. The molecule has 2 rings (SSSR count). The van der Waals surface area contributed by atoms with E-state index in [2.05, 4.69) is 10.6 Å². The first kappa shape index (κ1) is 12.8. The fraction of sp³-hybridized carbons (Fsp3) is 0.923. The van der Waals surface area contributed by atoms with E-state index in [0.717, 1.165) is 12.8 Å². The summed E-state index contributed by atoms with van der Waals surface area (Å²) in [7, 11) is 0. The van der Waals surface area contributed by atoms with Gasteiger partial charge in [-0.2, -0.15) is 0 Å². The van der Waals surface area contributed by atoms with Crippen molar-refractivity contribution in [3.8, 4) is 0 Å². The predicted octanol–water partition coefficient (Wildman–Crippen LogP) is 0.905. The Morgan fingerprint density at radius 3 is 2.41 bits per heavy atom. The van der Waals surface area contributed by atoms with Crippen LogP contribution < -0.4 is 16.4 Å². The average molecular weight is 239 g/mol. The second-order valence-electron chi connectivity index (χ2n) is 5.48. The highest BCUT2D eigenvalue weighted by atomic mass is 16.1. The van der Waals surface area contributed by atoms with Crippen molar-refractivity contribution >= 4 is 5.91 Å². The molecule has 0 aromatic rings. The number of nitrogens with two attached hydrogens (primary N) is 1. The summed E-state index contributed by atoms with van der Waals surface area (Å²) in [5, 5.41) is 6.57. The number of hydrogen-bond acceptors (Lipinski definition) is 3. The van der Waals surface area contributed by atoms with Crippen molar-refractivity contribution in [1.82, 2.24) is 10.6 Å². The molecule has 2 aliphatic carbocycles. The lowest BCUT2D eigenvalue weighted by Crippen LogP contribution is -2.46. The van der Waals surface area contributed by atoms with Crippen LogP contribution in [-0.4, -0.2) is 30.6 Å². The van der Waals surface area contributed by atoms with E-state index in [0.29, 0.717) is 25.0 Å². The molecule has 0 saturated heterocycles. The average Bonchev–Trinajstić information content (AvgIpc) is 3.13. The molecule has 0 spiro atoms. The first-order valence-corrected chi connectivity index (χ1v) is 7.03. The molecule has 4 heteroatoms. The van der Waals surface area contributed by atoms with Gasteiger partial charge in [0.2, 0.25) is 5.91 Å². The molecule has 0 aromatic carbocycles. The van der Waals surface area contributed by atoms with E-state index in [-0.39, 0.29) is 11.9 Å². The monoisotopic (exact) mass is 239 g/mol. The van der Waals surface area contributed by atoms with Crippen molar-refractivity contribution in [2.75, 3.05) is 6.54 Å². The molecule has 1 amide bonds. The lowest BCUT2D eigenvalue weighted by atomic mass is 9.94. The van der Waals surface area contributed by atoms with Crippen LogP contribution in [0.3, 0.4) is 0 Å². The first-order valence-electron chi connectivity index (χ1n) is 7.03. The SMILES string of the molecule is NCC(CC(=O)NC1CC1)NC1CCCCC1. The Hall–Kier alpha value is -0.610. The van der Waals surface area contributed by atoms with Gasteiger partial charge in [-0.25, -0.2) is 0 Å². The summed E-state index contributed by atoms with van der Waals surface area (Å²) < 4.78 is 0. The van der Waals surface area contributed by atoms with Gasteiger partial charge in [0, 0.05) is 31.1 Å². The Balaban J connectivity index is 1.68. The van der Waals surface area contributed by atoms with Crippen LogP contribution in [0.15, 0.2) is 0 Å². The van der Waals surface area contributed by atoms with Crippen LogP contribution in [0, 0.1) is 0 Å². The fourth-order valence-electron chi connectivity index (χ4n) is 2.55. The maximum absolute atomic E-state index is 11.7. The van der Waals surface area contributed by atoms with Gasteiger partial charge in [-0.05, 0) is 25.7 Å². The van der Waals surface area contributed by atoms with Crippen LogP contribution in [0.4, 0.5) is 0 Å². The molecule has 0 bridgehead atoms. The molecule has 2 fully saturated rings. The summed E-state index contributed by atoms with van der Waals surface area (Å²) in [4.78, 5) is 11.7. The van der Waals surface area contributed by atoms with Gasteiger partial charge in [0.05, 0.1) is 0 Å². The Bertz CT molecular complexity index is 247. The van der Waals surface area contributed by atoms with Gasteiger partial charge in [0.1, 0.15) is 0 Å². The second-order valence-corrected chi connectivity index (χ2v) is 5.48. The molecule has 17 heavy (non-hydrogen) atoms. The third-order valence-electron chi connectivity index (χ3n) is 3.74. The van der Waals surface area contributed by atoms with E-state index in [1.54, 1.807) is 0 Å². The van der Waals surface area contributed by atoms with Crippen molar-refractivity contribution in [2.24, 2.45) is 5.73 Å². The van der Waals surface area contributed by atoms with E-state index >= 15 is 0 Å². The summed E-state index contributed by atoms with van der Waals surface area (Å²) in [6.07, 6.45) is 9.27. The number of carbonyl (C=O) groups excluding carboxylic acids is 1. The number of amides is 1. The zero-order chi connectivity index (χ0) is 12.1. The Morgan fingerprint density at radius 2 is 1.82 bits per heavy atom. The van der Waals surface area contributed by atoms with Crippen molar-refractivity contribution in [3.63, 3.8) is 0 Å². The lowest BCUT2D eigenvalue weighted by molar-refractivity contribution is -0.121. The Kier molecular flexibility index (Phi) is 4.80. The summed E-state index contributed by atoms with van der Waals surface area (Å²) in [6.45, 7) is 0.550. The minimum atomic E-state index is 0.150. The summed E-state index contributed by atoms with van der Waals surface area (Å²) in [5.74, 6) is 0.159. The zero-order valence-electron chi connectivity index (χ0n) is 10.6. The normalized spacial score (nSPS) is 23.4. The van der Waals surface area contributed by atoms with Crippen LogP contribution in [0.1, 0.15) is 51.4 Å². The maximum Gasteiger partial charge on any atom is 0.221 e. The molecule has 98 valence electrons. The predicted molar refractivity (Wildman–Crippen MR) is 68.6 cm³/mol. The summed E-state index contributed by atoms with van der Waals surface area (Å²) in [6, 6.07) is 1.18. The van der Waals surface area contributed by atoms with Crippen LogP contribution in [0.2, 0.25) is 0 Å². The molecule has 1 atom stereocenters. The zero-order valence-corrected chi connectivity index (χ0v) is 10.6. The Morgan fingerprint density at radius 1 is 1.12 bits per heavy atom. The molecule has 1 unspecified atom stereocenters.